The number of thiazole rings is 1. The fourth-order valence-corrected chi connectivity index (χ4v) is 3.68. The number of carbonyl (C=O) groups is 1. The maximum Gasteiger partial charge on any atom is 0.257 e. The molecule has 1 fully saturated rings. The largest absolute Gasteiger partial charge is 0.507 e. The summed E-state index contributed by atoms with van der Waals surface area (Å²) in [6.45, 7) is 4.85. The van der Waals surface area contributed by atoms with Gasteiger partial charge >= 0.3 is 0 Å². The lowest BCUT2D eigenvalue weighted by atomic mass is 10.1. The molecule has 1 aliphatic rings. The van der Waals surface area contributed by atoms with E-state index >= 15 is 0 Å². The van der Waals surface area contributed by atoms with Gasteiger partial charge in [0.25, 0.3) is 5.91 Å². The Kier molecular flexibility index (Phi) is 4.73. The Morgan fingerprint density at radius 2 is 2.13 bits per heavy atom. The quantitative estimate of drug-likeness (QED) is 0.903. The van der Waals surface area contributed by atoms with Gasteiger partial charge in [0, 0.05) is 36.6 Å². The number of aryl methyl sites for hydroxylation is 1. The van der Waals surface area contributed by atoms with Gasteiger partial charge in [-0.15, -0.1) is 11.3 Å². The molecule has 122 valence electrons. The van der Waals surface area contributed by atoms with Crippen LogP contribution < -0.4 is 4.90 Å². The zero-order valence-corrected chi connectivity index (χ0v) is 14.4. The summed E-state index contributed by atoms with van der Waals surface area (Å²) < 4.78 is 0. The molecule has 5 nitrogen and oxygen atoms in total. The number of aromatic nitrogens is 1. The van der Waals surface area contributed by atoms with Crippen molar-refractivity contribution < 1.29 is 9.90 Å². The summed E-state index contributed by atoms with van der Waals surface area (Å²) in [5.41, 5.74) is 1.28. The van der Waals surface area contributed by atoms with Crippen molar-refractivity contribution in [1.29, 1.82) is 0 Å². The lowest BCUT2D eigenvalue weighted by molar-refractivity contribution is 0.0764. The van der Waals surface area contributed by atoms with E-state index < -0.39 is 0 Å². The Hall–Kier alpha value is -1.79. The third-order valence-corrected chi connectivity index (χ3v) is 5.10. The lowest BCUT2D eigenvalue weighted by Crippen LogP contribution is -2.35. The van der Waals surface area contributed by atoms with E-state index in [1.807, 2.05) is 12.3 Å². The third kappa shape index (κ3) is 3.59. The van der Waals surface area contributed by atoms with Crippen molar-refractivity contribution in [2.45, 2.75) is 13.3 Å². The monoisotopic (exact) mass is 351 g/mol. The number of phenolic OH excluding ortho intramolecular Hbond substituents is 1. The van der Waals surface area contributed by atoms with Gasteiger partial charge in [-0.05, 0) is 31.5 Å². The second-order valence-electron chi connectivity index (χ2n) is 5.57. The molecule has 1 N–H and O–H groups in total. The molecule has 1 aliphatic heterocycles. The summed E-state index contributed by atoms with van der Waals surface area (Å²) in [7, 11) is 0. The Balaban J connectivity index is 1.72. The van der Waals surface area contributed by atoms with E-state index in [4.69, 9.17) is 11.6 Å². The molecule has 0 unspecified atom stereocenters. The van der Waals surface area contributed by atoms with Gasteiger partial charge in [-0.3, -0.25) is 4.79 Å². The van der Waals surface area contributed by atoms with Crippen molar-refractivity contribution in [2.24, 2.45) is 0 Å². The Bertz CT molecular complexity index is 719. The van der Waals surface area contributed by atoms with Gasteiger partial charge in [0.15, 0.2) is 5.13 Å². The molecule has 1 amide bonds. The van der Waals surface area contributed by atoms with Gasteiger partial charge < -0.3 is 14.9 Å². The maximum absolute atomic E-state index is 12.6. The summed E-state index contributed by atoms with van der Waals surface area (Å²) in [5, 5.41) is 13.4. The number of anilines is 1. The highest BCUT2D eigenvalue weighted by Gasteiger charge is 2.23. The lowest BCUT2D eigenvalue weighted by Gasteiger charge is -2.22. The smallest absolute Gasteiger partial charge is 0.257 e. The number of rotatable bonds is 2. The van der Waals surface area contributed by atoms with Crippen molar-refractivity contribution in [3.05, 3.63) is 39.9 Å². The number of carbonyl (C=O) groups excluding carboxylic acids is 1. The molecular formula is C16H18ClN3O2S. The minimum absolute atomic E-state index is 0.0314. The molecule has 0 saturated carbocycles. The number of amides is 1. The number of halogens is 1. The first-order valence-corrected chi connectivity index (χ1v) is 8.75. The molecule has 2 heterocycles. The molecule has 0 bridgehead atoms. The summed E-state index contributed by atoms with van der Waals surface area (Å²) in [4.78, 5) is 21.1. The van der Waals surface area contributed by atoms with Crippen molar-refractivity contribution in [3.8, 4) is 5.75 Å². The van der Waals surface area contributed by atoms with E-state index in [0.717, 1.165) is 30.3 Å². The highest BCUT2D eigenvalue weighted by molar-refractivity contribution is 7.13. The second kappa shape index (κ2) is 6.76. The normalized spacial score (nSPS) is 15.6. The fraction of sp³-hybridized carbons (Fsp3) is 0.375. The van der Waals surface area contributed by atoms with Gasteiger partial charge in [-0.1, -0.05) is 11.6 Å². The Morgan fingerprint density at radius 3 is 2.87 bits per heavy atom. The van der Waals surface area contributed by atoms with Crippen LogP contribution in [0.2, 0.25) is 5.02 Å². The summed E-state index contributed by atoms with van der Waals surface area (Å²) in [6, 6.07) is 4.55. The molecular weight excluding hydrogens is 334 g/mol. The standard InChI is InChI=1S/C16H18ClN3O2S/c1-11-10-23-16(18-11)20-6-2-5-19(7-8-20)15(22)13-9-12(17)3-4-14(13)21/h3-4,9-10,21H,2,5-8H2,1H3. The zero-order chi connectivity index (χ0) is 16.4. The molecule has 1 aromatic carbocycles. The minimum atomic E-state index is -0.179. The van der Waals surface area contributed by atoms with Crippen molar-refractivity contribution in [2.75, 3.05) is 31.1 Å². The predicted molar refractivity (Wildman–Crippen MR) is 92.7 cm³/mol. The number of benzene rings is 1. The molecule has 0 atom stereocenters. The average molecular weight is 352 g/mol. The number of aromatic hydroxyl groups is 1. The van der Waals surface area contributed by atoms with Crippen molar-refractivity contribution in [1.82, 2.24) is 9.88 Å². The van der Waals surface area contributed by atoms with Gasteiger partial charge in [0.05, 0.1) is 11.3 Å². The van der Waals surface area contributed by atoms with Crippen LogP contribution in [-0.2, 0) is 0 Å². The maximum atomic E-state index is 12.6. The molecule has 0 radical (unpaired) electrons. The SMILES string of the molecule is Cc1csc(N2CCCN(C(=O)c3cc(Cl)ccc3O)CC2)n1. The topological polar surface area (TPSA) is 56.7 Å². The molecule has 7 heteroatoms. The van der Waals surface area contributed by atoms with Crippen LogP contribution in [0, 0.1) is 6.92 Å². The third-order valence-electron chi connectivity index (χ3n) is 3.85. The molecule has 0 spiro atoms. The Morgan fingerprint density at radius 1 is 1.30 bits per heavy atom. The van der Waals surface area contributed by atoms with Crippen LogP contribution in [0.15, 0.2) is 23.6 Å². The first-order valence-electron chi connectivity index (χ1n) is 7.49. The highest BCUT2D eigenvalue weighted by Crippen LogP contribution is 2.25. The van der Waals surface area contributed by atoms with Crippen LogP contribution in [0.5, 0.6) is 5.75 Å². The molecule has 1 saturated heterocycles. The van der Waals surface area contributed by atoms with E-state index in [1.165, 1.54) is 12.1 Å². The van der Waals surface area contributed by atoms with Crippen LogP contribution in [-0.4, -0.2) is 47.1 Å². The van der Waals surface area contributed by atoms with E-state index in [-0.39, 0.29) is 17.2 Å². The van der Waals surface area contributed by atoms with Crippen LogP contribution in [0.25, 0.3) is 0 Å². The van der Waals surface area contributed by atoms with Crippen molar-refractivity contribution in [3.63, 3.8) is 0 Å². The van der Waals surface area contributed by atoms with E-state index in [1.54, 1.807) is 22.3 Å². The number of nitrogens with zero attached hydrogens (tertiary/aromatic N) is 3. The van der Waals surface area contributed by atoms with E-state index in [2.05, 4.69) is 9.88 Å². The molecule has 0 aliphatic carbocycles. The molecule has 2 aromatic rings. The van der Waals surface area contributed by atoms with Crippen molar-refractivity contribution >= 4 is 34.0 Å². The summed E-state index contributed by atoms with van der Waals surface area (Å²) >= 11 is 7.57. The van der Waals surface area contributed by atoms with Gasteiger partial charge in [-0.25, -0.2) is 4.98 Å². The van der Waals surface area contributed by atoms with Crippen LogP contribution in [0.3, 0.4) is 0 Å². The van der Waals surface area contributed by atoms with Gasteiger partial charge in [0.1, 0.15) is 5.75 Å². The molecule has 1 aromatic heterocycles. The van der Waals surface area contributed by atoms with E-state index in [0.29, 0.717) is 18.1 Å². The predicted octanol–water partition coefficient (Wildman–Crippen LogP) is 3.16. The zero-order valence-electron chi connectivity index (χ0n) is 12.8. The van der Waals surface area contributed by atoms with Gasteiger partial charge in [-0.2, -0.15) is 0 Å². The number of hydrogen-bond donors (Lipinski definition) is 1. The highest BCUT2D eigenvalue weighted by atomic mass is 35.5. The summed E-state index contributed by atoms with van der Waals surface area (Å²) in [5.74, 6) is -0.210. The molecule has 23 heavy (non-hydrogen) atoms. The number of phenols is 1. The van der Waals surface area contributed by atoms with Crippen LogP contribution >= 0.6 is 22.9 Å². The average Bonchev–Trinajstić information content (AvgIpc) is 2.82. The first-order chi connectivity index (χ1) is 11.0. The minimum Gasteiger partial charge on any atom is -0.507 e. The first kappa shape index (κ1) is 16.1. The van der Waals surface area contributed by atoms with Crippen LogP contribution in [0.4, 0.5) is 5.13 Å². The summed E-state index contributed by atoms with van der Waals surface area (Å²) in [6.07, 6.45) is 0.867. The van der Waals surface area contributed by atoms with Crippen LogP contribution in [0.1, 0.15) is 22.5 Å². The van der Waals surface area contributed by atoms with Gasteiger partial charge in [0.2, 0.25) is 0 Å². The van der Waals surface area contributed by atoms with E-state index in [9.17, 15) is 9.90 Å². The second-order valence-corrected chi connectivity index (χ2v) is 6.84. The molecule has 3 rings (SSSR count). The number of hydrogen-bond acceptors (Lipinski definition) is 5. The fourth-order valence-electron chi connectivity index (χ4n) is 2.65. The Labute approximate surface area is 144 Å².